The average molecular weight is 1700 g/mol. The van der Waals surface area contributed by atoms with Gasteiger partial charge >= 0.3 is 11.9 Å². The molecule has 1 aliphatic rings. The molecule has 1 heterocycles. The van der Waals surface area contributed by atoms with Gasteiger partial charge in [0.25, 0.3) is 0 Å². The maximum absolute atomic E-state index is 14.2. The van der Waals surface area contributed by atoms with Gasteiger partial charge in [-0.15, -0.1) is 0 Å². The first-order valence-corrected chi connectivity index (χ1v) is 40.4. The number of nitrogens with zero attached hydrogens (tertiary/aromatic N) is 4. The smallest absolute Gasteiger partial charge is 0.326 e. The number of amides is 14. The van der Waals surface area contributed by atoms with Crippen LogP contribution < -0.4 is 109 Å². The van der Waals surface area contributed by atoms with E-state index < -0.39 is 223 Å². The van der Waals surface area contributed by atoms with Crippen LogP contribution in [-0.4, -0.2) is 296 Å². The summed E-state index contributed by atoms with van der Waals surface area (Å²) in [6.45, 7) is 13.7. The van der Waals surface area contributed by atoms with E-state index >= 15 is 0 Å². The summed E-state index contributed by atoms with van der Waals surface area (Å²) < 4.78 is 0. The number of thiol groups is 1. The van der Waals surface area contributed by atoms with E-state index in [2.05, 4.69) is 96.7 Å². The summed E-state index contributed by atoms with van der Waals surface area (Å²) in [6.07, 6.45) is -2.48. The molecule has 1 saturated heterocycles. The molecular weight excluding hydrogens is 1580 g/mol. The van der Waals surface area contributed by atoms with E-state index in [1.807, 2.05) is 13.8 Å². The minimum atomic E-state index is -2.02. The Balaban J connectivity index is 3.42. The van der Waals surface area contributed by atoms with Crippen molar-refractivity contribution in [3.8, 4) is 0 Å². The van der Waals surface area contributed by atoms with Gasteiger partial charge in [0.15, 0.2) is 17.9 Å². The summed E-state index contributed by atoms with van der Waals surface area (Å²) in [7, 11) is 0. The highest BCUT2D eigenvalue weighted by Crippen LogP contribution is 2.21. The van der Waals surface area contributed by atoms with Gasteiger partial charge in [-0.1, -0.05) is 41.5 Å². The number of likely N-dealkylation sites (tertiary alicyclic amines) is 1. The summed E-state index contributed by atoms with van der Waals surface area (Å²) in [5, 5.41) is 83.2. The van der Waals surface area contributed by atoms with E-state index in [4.69, 9.17) is 40.1 Å². The van der Waals surface area contributed by atoms with E-state index in [0.29, 0.717) is 6.42 Å². The molecule has 0 aliphatic carbocycles. The van der Waals surface area contributed by atoms with Crippen LogP contribution in [0.2, 0.25) is 0 Å². The molecule has 0 bridgehead atoms. The molecule has 47 heteroatoms. The lowest BCUT2D eigenvalue weighted by Gasteiger charge is -2.29. The summed E-state index contributed by atoms with van der Waals surface area (Å²) in [5.74, 6) is -18.7. The molecule has 1 aliphatic heterocycles. The quantitative estimate of drug-likeness (QED) is 0.0116. The van der Waals surface area contributed by atoms with Gasteiger partial charge in [-0.2, -0.15) is 24.4 Å². The predicted octanol–water partition coefficient (Wildman–Crippen LogP) is -9.06. The van der Waals surface area contributed by atoms with Gasteiger partial charge in [-0.05, 0) is 135 Å². The Morgan fingerprint density at radius 2 is 0.786 bits per heavy atom. The van der Waals surface area contributed by atoms with Gasteiger partial charge in [0.05, 0.1) is 24.9 Å². The van der Waals surface area contributed by atoms with Crippen LogP contribution in [0.1, 0.15) is 153 Å². The molecule has 0 spiro atoms. The third-order valence-electron chi connectivity index (χ3n) is 18.0. The number of carbonyl (C=O) groups excluding carboxylic acids is 14. The molecule has 17 atom stereocenters. The van der Waals surface area contributed by atoms with Gasteiger partial charge < -0.3 is 140 Å². The maximum Gasteiger partial charge on any atom is 0.326 e. The maximum atomic E-state index is 14.2. The van der Waals surface area contributed by atoms with E-state index in [-0.39, 0.29) is 132 Å². The molecule has 0 saturated carbocycles. The highest BCUT2D eigenvalue weighted by Gasteiger charge is 2.41. The molecule has 117 heavy (non-hydrogen) atoms. The molecule has 0 unspecified atom stereocenters. The van der Waals surface area contributed by atoms with Crippen LogP contribution in [0.25, 0.3) is 0 Å². The minimum absolute atomic E-state index is 0.000802. The first-order valence-electron chi connectivity index (χ1n) is 38.4. The Morgan fingerprint density at radius 1 is 0.436 bits per heavy atom. The average Bonchev–Trinajstić information content (AvgIpc) is 1.75. The standard InChI is InChI=1S/C70H126N24O21S2/c1-32(2)28-39(71)55(102)92-51(37(9)96)64(111)85-41(17-13-24-79-69(74)75)58(105)90-47(31-116)62(109)88-45(29-33(3)4)60(107)91-50(34(5)6)63(110)89-46(30-95)61(108)93-52(38(10)97)65(112)86-42(20-21-49(98)99)59(106)84-43(22-27-117-11)56(103)82-35(7)53(100)81-36(8)54(101)83-40(16-12-23-78-68(72)73)57(104)87-44(18-14-25-80-70(76)77)66(113)94-26-15-19-48(94)67(114)115/h32-48,50-52,95-97,116H,12-31,71H2,1-11H3,(H,81,100)(H,82,103)(H,83,101)(H,84,106)(H,85,111)(H,86,112)(H,87,104)(H,88,109)(H,89,110)(H,90,105)(H,91,107)(H,92,102)(H,93,108)(H,98,99)(H,114,115)(H4,72,73,78)(H4,74,75,79)(H4,76,77,80)/t35-,36-,37+,38+,39-,40-,41-,42-,43-,44-,45-,46-,47-,48-,50-,51-,52-/m0/s1. The van der Waals surface area contributed by atoms with Gasteiger partial charge in [-0.3, -0.25) is 86.9 Å². The number of thioether (sulfide) groups is 1. The monoisotopic (exact) mass is 1700 g/mol. The summed E-state index contributed by atoms with van der Waals surface area (Å²) in [4.78, 5) is 231. The van der Waals surface area contributed by atoms with Crippen molar-refractivity contribution in [1.29, 1.82) is 0 Å². The molecule has 32 N–H and O–H groups in total. The van der Waals surface area contributed by atoms with Crippen LogP contribution in [0.5, 0.6) is 0 Å². The molecule has 14 amide bonds. The number of hydrogen-bond acceptors (Lipinski definition) is 25. The number of nitrogens with one attached hydrogen (secondary N) is 13. The molecule has 0 aromatic heterocycles. The molecule has 664 valence electrons. The molecule has 0 aromatic carbocycles. The van der Waals surface area contributed by atoms with Gasteiger partial charge in [0.2, 0.25) is 82.7 Å². The zero-order valence-electron chi connectivity index (χ0n) is 68.1. The Bertz CT molecular complexity index is 3440. The van der Waals surface area contributed by atoms with Crippen LogP contribution in [-0.2, 0) is 76.7 Å². The van der Waals surface area contributed by atoms with E-state index in [1.165, 1.54) is 46.4 Å². The Labute approximate surface area is 689 Å². The Kier molecular flexibility index (Phi) is 48.4. The number of carbonyl (C=O) groups is 16. The van der Waals surface area contributed by atoms with Crippen molar-refractivity contribution in [2.24, 2.45) is 72.9 Å². The third-order valence-corrected chi connectivity index (χ3v) is 19.0. The van der Waals surface area contributed by atoms with Crippen molar-refractivity contribution in [3.63, 3.8) is 0 Å². The van der Waals surface area contributed by atoms with Crippen molar-refractivity contribution in [1.82, 2.24) is 74.0 Å². The van der Waals surface area contributed by atoms with Crippen LogP contribution >= 0.6 is 24.4 Å². The number of guanidine groups is 3. The van der Waals surface area contributed by atoms with Crippen LogP contribution in [0, 0.1) is 17.8 Å². The number of aliphatic imine (C=N–C) groups is 3. The van der Waals surface area contributed by atoms with Crippen molar-refractivity contribution >= 4 is 137 Å². The molecule has 0 aromatic rings. The summed E-state index contributed by atoms with van der Waals surface area (Å²) in [6, 6.07) is -22.6. The van der Waals surface area contributed by atoms with Crippen molar-refractivity contribution in [3.05, 3.63) is 0 Å². The molecule has 0 radical (unpaired) electrons. The van der Waals surface area contributed by atoms with Gasteiger partial charge in [0.1, 0.15) is 84.6 Å². The van der Waals surface area contributed by atoms with Crippen molar-refractivity contribution in [2.75, 3.05) is 50.5 Å². The van der Waals surface area contributed by atoms with E-state index in [1.54, 1.807) is 20.1 Å². The third kappa shape index (κ3) is 39.6. The number of aliphatic hydroxyl groups is 3. The normalized spacial score (nSPS) is 16.6. The van der Waals surface area contributed by atoms with Crippen molar-refractivity contribution < 1.29 is 102 Å². The number of aliphatic hydroxyl groups excluding tert-OH is 3. The number of carboxylic acids is 2. The second kappa shape index (κ2) is 54.0. The first-order chi connectivity index (χ1) is 54.7. The number of rotatable bonds is 55. The Morgan fingerprint density at radius 3 is 1.21 bits per heavy atom. The fourth-order valence-electron chi connectivity index (χ4n) is 11.6. The number of hydrogen-bond donors (Lipinski definition) is 26. The lowest BCUT2D eigenvalue weighted by atomic mass is 9.99. The number of aliphatic carboxylic acids is 2. The Hall–Kier alpha value is -10.1. The van der Waals surface area contributed by atoms with Crippen LogP contribution in [0.15, 0.2) is 15.0 Å². The van der Waals surface area contributed by atoms with Crippen LogP contribution in [0.4, 0.5) is 0 Å². The molecular formula is C70H126N24O21S2. The van der Waals surface area contributed by atoms with E-state index in [0.717, 1.165) is 11.8 Å². The second-order valence-electron chi connectivity index (χ2n) is 29.5. The van der Waals surface area contributed by atoms with E-state index in [9.17, 15) is 102 Å². The second-order valence-corrected chi connectivity index (χ2v) is 30.8. The fourth-order valence-corrected chi connectivity index (χ4v) is 12.3. The molecule has 1 rings (SSSR count). The largest absolute Gasteiger partial charge is 0.481 e. The zero-order chi connectivity index (χ0) is 89.3. The first kappa shape index (κ1) is 105. The molecule has 1 fully saturated rings. The topological polar surface area (TPSA) is 753 Å². The van der Waals surface area contributed by atoms with Crippen molar-refractivity contribution in [2.45, 2.75) is 256 Å². The fraction of sp³-hybridized carbons (Fsp3) is 0.729. The lowest BCUT2D eigenvalue weighted by Crippen LogP contribution is -2.63. The number of nitrogens with two attached hydrogens (primary N) is 7. The number of carboxylic acid groups (broad SMARTS) is 2. The summed E-state index contributed by atoms with van der Waals surface area (Å²) >= 11 is 5.49. The summed E-state index contributed by atoms with van der Waals surface area (Å²) in [5.41, 5.74) is 38.8. The zero-order valence-corrected chi connectivity index (χ0v) is 69.9. The minimum Gasteiger partial charge on any atom is -0.481 e. The molecule has 45 nitrogen and oxygen atoms in total. The predicted molar refractivity (Wildman–Crippen MR) is 434 cm³/mol. The highest BCUT2D eigenvalue weighted by molar-refractivity contribution is 7.98. The lowest BCUT2D eigenvalue weighted by molar-refractivity contribution is -0.149. The van der Waals surface area contributed by atoms with Gasteiger partial charge in [-0.25, -0.2) is 4.79 Å². The van der Waals surface area contributed by atoms with Crippen LogP contribution in [0.3, 0.4) is 0 Å². The van der Waals surface area contributed by atoms with Gasteiger partial charge in [0, 0.05) is 38.4 Å². The SMILES string of the molecule is CSCC[C@H](NC(=O)[C@H](CCC(=O)O)NC(=O)[C@@H](NC(=O)[C@H](CO)NC(=O)[C@@H](NC(=O)[C@H](CC(C)C)NC(=O)[C@H](CS)NC(=O)[C@H](CCCN=C(N)N)NC(=O)[C@@H](NC(=O)[C@@H](N)CC(C)C)[C@@H](C)O)C(C)C)[C@@H](C)O)C(=O)N[C@@H](C)C(=O)N[C@@H](C)C(=O)N[C@@H](CCCN=C(N)N)C(=O)N[C@@H](CCCN=C(N)N)C(=O)N1CCC[C@H]1C(=O)O. The highest BCUT2D eigenvalue weighted by atomic mass is 32.2.